The van der Waals surface area contributed by atoms with Gasteiger partial charge in [0.05, 0.1) is 7.11 Å². The molecule has 2 amide bonds. The highest BCUT2D eigenvalue weighted by molar-refractivity contribution is 8.00. The number of thiazole rings is 1. The number of methoxy groups -OCH3 is 1. The van der Waals surface area contributed by atoms with Gasteiger partial charge < -0.3 is 24.9 Å². The molecule has 61 heavy (non-hydrogen) atoms. The third-order valence-electron chi connectivity index (χ3n) is 10.3. The maximum Gasteiger partial charge on any atom is 0.355 e. The maximum atomic E-state index is 14.1. The van der Waals surface area contributed by atoms with Crippen LogP contribution >= 0.6 is 23.1 Å². The van der Waals surface area contributed by atoms with E-state index >= 15 is 0 Å². The third kappa shape index (κ3) is 8.12. The van der Waals surface area contributed by atoms with Gasteiger partial charge in [0.15, 0.2) is 10.8 Å². The van der Waals surface area contributed by atoms with Crippen molar-refractivity contribution in [1.29, 1.82) is 0 Å². The average Bonchev–Trinajstić information content (AvgIpc) is 3.79. The fraction of sp³-hybridized carbons (Fsp3) is 0.152. The molecule has 2 aliphatic heterocycles. The summed E-state index contributed by atoms with van der Waals surface area (Å²) in [4.78, 5) is 61.7. The minimum Gasteiger partial charge on any atom is -0.497 e. The fourth-order valence-corrected chi connectivity index (χ4v) is 9.43. The first-order valence-electron chi connectivity index (χ1n) is 19.1. The maximum absolute atomic E-state index is 14.1. The van der Waals surface area contributed by atoms with Gasteiger partial charge in [0.1, 0.15) is 54.1 Å². The number of amides is 2. The van der Waals surface area contributed by atoms with Crippen LogP contribution in [-0.2, 0) is 36.1 Å². The molecule has 0 bridgehead atoms. The molecule has 13 nitrogen and oxygen atoms in total. The van der Waals surface area contributed by atoms with Crippen LogP contribution < -0.4 is 15.4 Å². The number of oxime groups is 1. The summed E-state index contributed by atoms with van der Waals surface area (Å²) in [6, 6.07) is 36.3. The van der Waals surface area contributed by atoms with E-state index in [1.165, 1.54) is 41.4 Å². The van der Waals surface area contributed by atoms with Gasteiger partial charge in [0.2, 0.25) is 0 Å². The van der Waals surface area contributed by atoms with Crippen LogP contribution in [0.15, 0.2) is 162 Å². The SMILES string of the molecule is C=C(C1=C(C(=O)OCc2ccc(OC)cc2)N2C(=O)[C@@H](NC(=O)/C(=N\OC)c3csc(NC(c4ccccc4)(c4ccccc4)c4ccccc4)n3)[C@@H]2SC1)c1cncnc1. The number of fused-ring (bicyclic) bond motifs is 1. The monoisotopic (exact) mass is 849 g/mol. The molecule has 2 N–H and O–H groups in total. The molecule has 6 aromatic rings. The van der Waals surface area contributed by atoms with E-state index in [1.807, 2.05) is 54.6 Å². The van der Waals surface area contributed by atoms with Crippen LogP contribution in [0, 0.1) is 0 Å². The second-order valence-electron chi connectivity index (χ2n) is 13.9. The Morgan fingerprint density at radius 3 is 2.07 bits per heavy atom. The van der Waals surface area contributed by atoms with E-state index < -0.39 is 34.7 Å². The number of carbonyl (C=O) groups is 3. The second-order valence-corrected chi connectivity index (χ2v) is 15.8. The number of aromatic nitrogens is 3. The number of nitrogens with zero attached hydrogens (tertiary/aromatic N) is 5. The van der Waals surface area contributed by atoms with Crippen molar-refractivity contribution < 1.29 is 28.7 Å². The molecule has 1 saturated heterocycles. The van der Waals surface area contributed by atoms with Gasteiger partial charge in [-0.2, -0.15) is 0 Å². The number of benzene rings is 4. The number of ether oxygens (including phenoxy) is 2. The molecular weight excluding hydrogens is 811 g/mol. The minimum atomic E-state index is -1.00. The highest BCUT2D eigenvalue weighted by atomic mass is 32.2. The Kier molecular flexibility index (Phi) is 12.0. The van der Waals surface area contributed by atoms with Crippen molar-refractivity contribution in [3.63, 3.8) is 0 Å². The van der Waals surface area contributed by atoms with E-state index in [0.717, 1.165) is 22.3 Å². The van der Waals surface area contributed by atoms with Gasteiger partial charge in [-0.1, -0.05) is 115 Å². The number of carbonyl (C=O) groups excluding carboxylic acids is 3. The van der Waals surface area contributed by atoms with Crippen molar-refractivity contribution in [1.82, 2.24) is 25.2 Å². The lowest BCUT2D eigenvalue weighted by Crippen LogP contribution is -2.71. The molecule has 2 aliphatic rings. The van der Waals surface area contributed by atoms with Gasteiger partial charge in [-0.3, -0.25) is 14.5 Å². The summed E-state index contributed by atoms with van der Waals surface area (Å²) in [7, 11) is 2.90. The number of nitrogens with one attached hydrogen (secondary N) is 2. The first kappa shape index (κ1) is 40.7. The van der Waals surface area contributed by atoms with Crippen molar-refractivity contribution in [2.75, 3.05) is 25.3 Å². The quantitative estimate of drug-likeness (QED) is 0.0368. The molecule has 0 saturated carbocycles. The Balaban J connectivity index is 1.05. The van der Waals surface area contributed by atoms with Crippen LogP contribution in [-0.4, -0.2) is 74.7 Å². The summed E-state index contributed by atoms with van der Waals surface area (Å²) >= 11 is 2.68. The highest BCUT2D eigenvalue weighted by Gasteiger charge is 2.55. The number of hydrogen-bond donors (Lipinski definition) is 2. The molecule has 4 aromatic carbocycles. The zero-order valence-electron chi connectivity index (χ0n) is 33.1. The predicted molar refractivity (Wildman–Crippen MR) is 234 cm³/mol. The molecular formula is C46H39N7O6S2. The first-order valence-corrected chi connectivity index (χ1v) is 21.0. The van der Waals surface area contributed by atoms with Crippen LogP contribution in [0.3, 0.4) is 0 Å². The van der Waals surface area contributed by atoms with Gasteiger partial charge in [-0.05, 0) is 40.0 Å². The average molecular weight is 850 g/mol. The molecule has 8 rings (SSSR count). The second kappa shape index (κ2) is 18.0. The van der Waals surface area contributed by atoms with Gasteiger partial charge in [0, 0.05) is 34.7 Å². The molecule has 0 spiro atoms. The zero-order valence-corrected chi connectivity index (χ0v) is 34.7. The van der Waals surface area contributed by atoms with Crippen molar-refractivity contribution in [2.45, 2.75) is 23.6 Å². The van der Waals surface area contributed by atoms with E-state index in [0.29, 0.717) is 27.6 Å². The lowest BCUT2D eigenvalue weighted by molar-refractivity contribution is -0.153. The van der Waals surface area contributed by atoms with E-state index in [1.54, 1.807) is 49.1 Å². The highest BCUT2D eigenvalue weighted by Crippen LogP contribution is 2.44. The van der Waals surface area contributed by atoms with Crippen LogP contribution in [0.4, 0.5) is 5.13 Å². The van der Waals surface area contributed by atoms with Crippen molar-refractivity contribution in [3.05, 3.63) is 191 Å². The first-order chi connectivity index (χ1) is 29.8. The van der Waals surface area contributed by atoms with Gasteiger partial charge in [-0.25, -0.2) is 19.7 Å². The molecule has 0 aliphatic carbocycles. The normalized spacial score (nSPS) is 16.2. The lowest BCUT2D eigenvalue weighted by Gasteiger charge is -2.49. The van der Waals surface area contributed by atoms with Crippen LogP contribution in [0.2, 0.25) is 0 Å². The van der Waals surface area contributed by atoms with Gasteiger partial charge in [-0.15, -0.1) is 23.1 Å². The molecule has 2 atom stereocenters. The number of allylic oxidation sites excluding steroid dienone is 1. The van der Waals surface area contributed by atoms with E-state index in [4.69, 9.17) is 19.3 Å². The number of thioether (sulfide) groups is 1. The van der Waals surface area contributed by atoms with Crippen molar-refractivity contribution in [3.8, 4) is 5.75 Å². The minimum absolute atomic E-state index is 0.0429. The third-order valence-corrected chi connectivity index (χ3v) is 12.3. The smallest absolute Gasteiger partial charge is 0.355 e. The van der Waals surface area contributed by atoms with E-state index in [-0.39, 0.29) is 29.5 Å². The molecule has 306 valence electrons. The van der Waals surface area contributed by atoms with Crippen LogP contribution in [0.1, 0.15) is 33.5 Å². The Morgan fingerprint density at radius 2 is 1.49 bits per heavy atom. The standard InChI is InChI=1S/C46H39N7O6S2/c1-29(31-23-47-28-48-24-31)36-26-60-43-39(42(55)53(43)40(36)44(56)59-25-30-19-21-35(57-2)22-20-30)50-41(54)38(52-58-3)37-27-61-45(49-37)51-46(32-13-7-4-8-14-32,33-15-9-5-10-16-33)34-17-11-6-12-18-34/h4-24,27-28,39,43H,1,25-26H2,2-3H3,(H,49,51)(H,50,54)/b52-38-/t39-,43+/m1/s1. The topological polar surface area (TPSA) is 157 Å². The molecule has 4 heterocycles. The Hall–Kier alpha value is -7.10. The summed E-state index contributed by atoms with van der Waals surface area (Å²) in [5.41, 5.74) is 4.51. The van der Waals surface area contributed by atoms with E-state index in [9.17, 15) is 14.4 Å². The number of esters is 1. The van der Waals surface area contributed by atoms with Crippen molar-refractivity contribution in [2.24, 2.45) is 5.16 Å². The largest absolute Gasteiger partial charge is 0.497 e. The zero-order chi connectivity index (χ0) is 42.3. The Morgan fingerprint density at radius 1 is 0.885 bits per heavy atom. The van der Waals surface area contributed by atoms with Gasteiger partial charge >= 0.3 is 5.97 Å². The molecule has 0 radical (unpaired) electrons. The summed E-state index contributed by atoms with van der Waals surface area (Å²) < 4.78 is 11.0. The van der Waals surface area contributed by atoms with Crippen molar-refractivity contribution >= 4 is 57.3 Å². The fourth-order valence-electron chi connectivity index (χ4n) is 7.29. The van der Waals surface area contributed by atoms with E-state index in [2.05, 4.69) is 68.7 Å². The number of anilines is 1. The summed E-state index contributed by atoms with van der Waals surface area (Å²) in [6.45, 7) is 4.18. The summed E-state index contributed by atoms with van der Waals surface area (Å²) in [5.74, 6) is -0.953. The van der Waals surface area contributed by atoms with Crippen LogP contribution in [0.25, 0.3) is 5.57 Å². The number of hydrogen-bond acceptors (Lipinski definition) is 13. The number of rotatable bonds is 15. The Bertz CT molecular complexity index is 2510. The Labute approximate surface area is 360 Å². The lowest BCUT2D eigenvalue weighted by atomic mass is 9.77. The molecule has 2 aromatic heterocycles. The molecule has 1 fully saturated rings. The summed E-state index contributed by atoms with van der Waals surface area (Å²) in [6.07, 6.45) is 4.56. The van der Waals surface area contributed by atoms with Crippen LogP contribution in [0.5, 0.6) is 5.75 Å². The van der Waals surface area contributed by atoms with Gasteiger partial charge in [0.25, 0.3) is 11.8 Å². The summed E-state index contributed by atoms with van der Waals surface area (Å²) in [5, 5.41) is 12.2. The molecule has 15 heteroatoms. The predicted octanol–water partition coefficient (Wildman–Crippen LogP) is 6.81. The number of β-lactam (4-membered cyclic amide) rings is 1. The molecule has 0 unspecified atom stereocenters.